The minimum absolute atomic E-state index is 0.364. The van der Waals surface area contributed by atoms with Gasteiger partial charge in [0.1, 0.15) is 5.82 Å². The van der Waals surface area contributed by atoms with E-state index in [4.69, 9.17) is 5.73 Å². The topological polar surface area (TPSA) is 63.3 Å². The molecule has 0 bridgehead atoms. The van der Waals surface area contributed by atoms with Crippen LogP contribution in [0.4, 0.5) is 5.82 Å². The van der Waals surface area contributed by atoms with Gasteiger partial charge in [-0.2, -0.15) is 0 Å². The first-order valence-corrected chi connectivity index (χ1v) is 7.90. The summed E-state index contributed by atoms with van der Waals surface area (Å²) in [5, 5.41) is 3.05. The first kappa shape index (κ1) is 15.7. The zero-order valence-corrected chi connectivity index (χ0v) is 13.4. The quantitative estimate of drug-likeness (QED) is 0.558. The predicted molar refractivity (Wildman–Crippen MR) is 98.9 cm³/mol. The van der Waals surface area contributed by atoms with Crippen LogP contribution in [0.2, 0.25) is 0 Å². The molecule has 0 saturated carbocycles. The average Bonchev–Trinajstić information content (AvgIpc) is 2.62. The highest BCUT2D eigenvalue weighted by molar-refractivity contribution is 5.91. The Bertz CT molecular complexity index is 798. The molecule has 3 rings (SSSR count). The molecule has 0 radical (unpaired) electrons. The largest absolute Gasteiger partial charge is 0.370 e. The molecule has 2 aromatic carbocycles. The number of anilines is 1. The first-order chi connectivity index (χ1) is 11.8. The third-order valence-corrected chi connectivity index (χ3v) is 3.57. The van der Waals surface area contributed by atoms with Crippen molar-refractivity contribution >= 4 is 11.8 Å². The lowest BCUT2D eigenvalue weighted by molar-refractivity contribution is 1.05. The number of nitrogens with zero attached hydrogens (tertiary/aromatic N) is 2. The van der Waals surface area contributed by atoms with E-state index in [1.807, 2.05) is 66.7 Å². The number of aliphatic imine (C=N–C) groups is 1. The molecular formula is C20H20N4. The Morgan fingerprint density at radius 2 is 1.50 bits per heavy atom. The summed E-state index contributed by atoms with van der Waals surface area (Å²) in [7, 11) is 0. The smallest absolute Gasteiger partial charge is 0.194 e. The second-order valence-electron chi connectivity index (χ2n) is 5.49. The number of hydrogen-bond acceptors (Lipinski definition) is 2. The van der Waals surface area contributed by atoms with E-state index in [0.29, 0.717) is 18.3 Å². The Labute approximate surface area is 142 Å². The molecule has 0 spiro atoms. The summed E-state index contributed by atoms with van der Waals surface area (Å²) in [6.07, 6.45) is 0.789. The van der Waals surface area contributed by atoms with Gasteiger partial charge in [0, 0.05) is 12.1 Å². The Kier molecular flexibility index (Phi) is 5.20. The van der Waals surface area contributed by atoms with Gasteiger partial charge in [0.2, 0.25) is 0 Å². The van der Waals surface area contributed by atoms with Gasteiger partial charge in [-0.25, -0.2) is 9.98 Å². The summed E-state index contributed by atoms with van der Waals surface area (Å²) in [6.45, 7) is 0.545. The molecule has 0 aliphatic heterocycles. The van der Waals surface area contributed by atoms with Gasteiger partial charge in [-0.3, -0.25) is 0 Å². The molecular weight excluding hydrogens is 296 g/mol. The number of guanidine groups is 1. The lowest BCUT2D eigenvalue weighted by atomic mass is 10.1. The molecule has 4 heteroatoms. The summed E-state index contributed by atoms with van der Waals surface area (Å²) >= 11 is 0. The second kappa shape index (κ2) is 7.92. The van der Waals surface area contributed by atoms with Gasteiger partial charge in [0.05, 0.1) is 6.54 Å². The molecule has 0 atom stereocenters. The van der Waals surface area contributed by atoms with Crippen molar-refractivity contribution in [1.29, 1.82) is 0 Å². The van der Waals surface area contributed by atoms with Crippen molar-refractivity contribution in [2.24, 2.45) is 10.7 Å². The molecule has 0 amide bonds. The van der Waals surface area contributed by atoms with Gasteiger partial charge in [-0.05, 0) is 23.3 Å². The van der Waals surface area contributed by atoms with Crippen LogP contribution in [0.15, 0.2) is 83.9 Å². The Morgan fingerprint density at radius 1 is 0.833 bits per heavy atom. The monoisotopic (exact) mass is 316 g/mol. The average molecular weight is 316 g/mol. The molecule has 0 unspecified atom stereocenters. The minimum Gasteiger partial charge on any atom is -0.370 e. The highest BCUT2D eigenvalue weighted by Crippen LogP contribution is 2.10. The maximum absolute atomic E-state index is 5.96. The molecule has 3 N–H and O–H groups in total. The van der Waals surface area contributed by atoms with Crippen molar-refractivity contribution in [2.45, 2.75) is 13.0 Å². The van der Waals surface area contributed by atoms with E-state index in [1.165, 1.54) is 5.56 Å². The predicted octanol–water partition coefficient (Wildman–Crippen LogP) is 3.60. The summed E-state index contributed by atoms with van der Waals surface area (Å²) in [4.78, 5) is 8.94. The van der Waals surface area contributed by atoms with Gasteiger partial charge in [-0.1, -0.05) is 66.7 Å². The fraction of sp³-hybridized carbons (Fsp3) is 0.100. The maximum atomic E-state index is 5.96. The summed E-state index contributed by atoms with van der Waals surface area (Å²) in [6, 6.07) is 26.1. The number of aromatic nitrogens is 1. The summed E-state index contributed by atoms with van der Waals surface area (Å²) in [5.41, 5.74) is 9.29. The fourth-order valence-electron chi connectivity index (χ4n) is 2.38. The van der Waals surface area contributed by atoms with Crippen molar-refractivity contribution in [3.05, 3.63) is 95.7 Å². The first-order valence-electron chi connectivity index (χ1n) is 7.90. The van der Waals surface area contributed by atoms with E-state index in [9.17, 15) is 0 Å². The van der Waals surface area contributed by atoms with Crippen LogP contribution in [0.5, 0.6) is 0 Å². The lowest BCUT2D eigenvalue weighted by Gasteiger charge is -2.07. The summed E-state index contributed by atoms with van der Waals surface area (Å²) in [5.74, 6) is 1.07. The number of benzene rings is 2. The van der Waals surface area contributed by atoms with Gasteiger partial charge < -0.3 is 11.1 Å². The maximum Gasteiger partial charge on any atom is 0.194 e. The van der Waals surface area contributed by atoms with E-state index < -0.39 is 0 Å². The van der Waals surface area contributed by atoms with E-state index in [1.54, 1.807) is 0 Å². The second-order valence-corrected chi connectivity index (χ2v) is 5.49. The number of hydrogen-bond donors (Lipinski definition) is 2. The van der Waals surface area contributed by atoms with Crippen molar-refractivity contribution in [1.82, 2.24) is 4.98 Å². The standard InChI is InChI=1S/C20H20N4/c21-20(22-15-17-10-5-2-6-11-17)24-19-13-7-12-18(23-19)14-16-8-3-1-4-9-16/h1-13H,14-15H2,(H3,21,22,23,24). The molecule has 3 aromatic rings. The van der Waals surface area contributed by atoms with E-state index >= 15 is 0 Å². The lowest BCUT2D eigenvalue weighted by Crippen LogP contribution is -2.23. The van der Waals surface area contributed by atoms with E-state index in [2.05, 4.69) is 27.4 Å². The summed E-state index contributed by atoms with van der Waals surface area (Å²) < 4.78 is 0. The molecule has 0 aliphatic carbocycles. The number of pyridine rings is 1. The zero-order valence-electron chi connectivity index (χ0n) is 13.4. The molecule has 0 fully saturated rings. The normalized spacial score (nSPS) is 11.2. The van der Waals surface area contributed by atoms with Crippen LogP contribution >= 0.6 is 0 Å². The molecule has 4 nitrogen and oxygen atoms in total. The van der Waals surface area contributed by atoms with E-state index in [-0.39, 0.29) is 0 Å². The Hall–Kier alpha value is -3.14. The van der Waals surface area contributed by atoms with Gasteiger partial charge >= 0.3 is 0 Å². The van der Waals surface area contributed by atoms with Crippen LogP contribution in [0.1, 0.15) is 16.8 Å². The SMILES string of the molecule is NC(=NCc1ccccc1)Nc1cccc(Cc2ccccc2)n1. The van der Waals surface area contributed by atoms with Crippen LogP contribution in [-0.2, 0) is 13.0 Å². The van der Waals surface area contributed by atoms with Crippen molar-refractivity contribution < 1.29 is 0 Å². The fourth-order valence-corrected chi connectivity index (χ4v) is 2.38. The zero-order chi connectivity index (χ0) is 16.6. The highest BCUT2D eigenvalue weighted by atomic mass is 15.1. The minimum atomic E-state index is 0.364. The number of nitrogens with one attached hydrogen (secondary N) is 1. The van der Waals surface area contributed by atoms with Crippen LogP contribution in [0.25, 0.3) is 0 Å². The number of nitrogens with two attached hydrogens (primary N) is 1. The van der Waals surface area contributed by atoms with Crippen molar-refractivity contribution in [2.75, 3.05) is 5.32 Å². The highest BCUT2D eigenvalue weighted by Gasteiger charge is 2.01. The van der Waals surface area contributed by atoms with Gasteiger partial charge in [0.25, 0.3) is 0 Å². The van der Waals surface area contributed by atoms with Gasteiger partial charge in [-0.15, -0.1) is 0 Å². The Balaban J connectivity index is 1.63. The molecule has 1 heterocycles. The van der Waals surface area contributed by atoms with Crippen LogP contribution < -0.4 is 11.1 Å². The third-order valence-electron chi connectivity index (χ3n) is 3.57. The van der Waals surface area contributed by atoms with E-state index in [0.717, 1.165) is 17.7 Å². The van der Waals surface area contributed by atoms with Crippen LogP contribution in [-0.4, -0.2) is 10.9 Å². The molecule has 120 valence electrons. The number of rotatable bonds is 5. The van der Waals surface area contributed by atoms with Crippen molar-refractivity contribution in [3.8, 4) is 0 Å². The third kappa shape index (κ3) is 4.68. The van der Waals surface area contributed by atoms with Crippen molar-refractivity contribution in [3.63, 3.8) is 0 Å². The van der Waals surface area contributed by atoms with Crippen LogP contribution in [0.3, 0.4) is 0 Å². The molecule has 24 heavy (non-hydrogen) atoms. The van der Waals surface area contributed by atoms with Gasteiger partial charge in [0.15, 0.2) is 5.96 Å². The molecule has 0 saturated heterocycles. The molecule has 1 aromatic heterocycles. The van der Waals surface area contributed by atoms with Crippen LogP contribution in [0, 0.1) is 0 Å². The molecule has 0 aliphatic rings. The Morgan fingerprint density at radius 3 is 2.21 bits per heavy atom.